The Morgan fingerprint density at radius 1 is 1.00 bits per heavy atom. The Hall–Kier alpha value is -2.99. The second-order valence-electron chi connectivity index (χ2n) is 5.81. The molecule has 0 bridgehead atoms. The average Bonchev–Trinajstić information content (AvgIpc) is 2.66. The summed E-state index contributed by atoms with van der Waals surface area (Å²) in [4.78, 5) is 16.3. The van der Waals surface area contributed by atoms with Gasteiger partial charge in [-0.25, -0.2) is 8.78 Å². The highest BCUT2D eigenvalue weighted by molar-refractivity contribution is 6.31. The molecule has 0 fully saturated rings. The third-order valence-corrected chi connectivity index (χ3v) is 4.14. The van der Waals surface area contributed by atoms with Crippen molar-refractivity contribution in [3.8, 4) is 0 Å². The van der Waals surface area contributed by atoms with E-state index < -0.39 is 5.82 Å². The number of carbonyl (C=O) groups is 1. The minimum Gasteiger partial charge on any atom is -0.354 e. The molecule has 2 aromatic carbocycles. The second kappa shape index (κ2) is 8.60. The molecule has 4 nitrogen and oxygen atoms in total. The summed E-state index contributed by atoms with van der Waals surface area (Å²) in [5, 5.41) is 5.75. The molecule has 3 aromatic rings. The number of rotatable bonds is 6. The highest BCUT2D eigenvalue weighted by atomic mass is 35.5. The van der Waals surface area contributed by atoms with Crippen LogP contribution in [0.15, 0.2) is 60.9 Å². The number of anilines is 2. The van der Waals surface area contributed by atoms with E-state index in [1.165, 1.54) is 36.7 Å². The topological polar surface area (TPSA) is 54.0 Å². The van der Waals surface area contributed by atoms with E-state index in [0.717, 1.165) is 0 Å². The van der Waals surface area contributed by atoms with E-state index in [1.54, 1.807) is 24.3 Å². The van der Waals surface area contributed by atoms with Crippen LogP contribution in [0, 0.1) is 11.6 Å². The Labute approximate surface area is 160 Å². The smallest absolute Gasteiger partial charge is 0.252 e. The van der Waals surface area contributed by atoms with Crippen LogP contribution in [0.4, 0.5) is 20.2 Å². The molecule has 2 N–H and O–H groups in total. The molecule has 0 unspecified atom stereocenters. The minimum absolute atomic E-state index is 0.00463. The molecule has 0 aliphatic rings. The predicted molar refractivity (Wildman–Crippen MR) is 101 cm³/mol. The van der Waals surface area contributed by atoms with Gasteiger partial charge in [0.15, 0.2) is 0 Å². The number of benzene rings is 2. The number of halogens is 3. The zero-order valence-corrected chi connectivity index (χ0v) is 14.9. The maximum Gasteiger partial charge on any atom is 0.252 e. The molecule has 0 saturated carbocycles. The molecule has 0 atom stereocenters. The van der Waals surface area contributed by atoms with E-state index in [-0.39, 0.29) is 16.7 Å². The molecule has 1 heterocycles. The fourth-order valence-electron chi connectivity index (χ4n) is 2.49. The van der Waals surface area contributed by atoms with Crippen LogP contribution in [-0.2, 0) is 6.42 Å². The Kier molecular flexibility index (Phi) is 5.98. The Morgan fingerprint density at radius 2 is 1.81 bits per heavy atom. The zero-order valence-electron chi connectivity index (χ0n) is 14.2. The van der Waals surface area contributed by atoms with Crippen molar-refractivity contribution >= 4 is 28.9 Å². The summed E-state index contributed by atoms with van der Waals surface area (Å²) in [7, 11) is 0. The summed E-state index contributed by atoms with van der Waals surface area (Å²) in [6, 6.07) is 12.3. The molecule has 0 spiro atoms. The van der Waals surface area contributed by atoms with Crippen molar-refractivity contribution in [2.75, 3.05) is 11.9 Å². The van der Waals surface area contributed by atoms with Crippen molar-refractivity contribution in [1.82, 2.24) is 10.3 Å². The maximum atomic E-state index is 13.6. The Bertz CT molecular complexity index is 965. The van der Waals surface area contributed by atoms with E-state index >= 15 is 0 Å². The molecule has 7 heteroatoms. The van der Waals surface area contributed by atoms with E-state index in [4.69, 9.17) is 11.6 Å². The molecular formula is C20H16ClF2N3O. The maximum absolute atomic E-state index is 13.6. The van der Waals surface area contributed by atoms with Gasteiger partial charge in [0.2, 0.25) is 0 Å². The van der Waals surface area contributed by atoms with Gasteiger partial charge in [-0.1, -0.05) is 29.8 Å². The van der Waals surface area contributed by atoms with Crippen molar-refractivity contribution in [2.24, 2.45) is 0 Å². The highest BCUT2D eigenvalue weighted by Gasteiger charge is 2.08. The van der Waals surface area contributed by atoms with E-state index in [2.05, 4.69) is 15.6 Å². The van der Waals surface area contributed by atoms with Gasteiger partial charge in [-0.3, -0.25) is 9.78 Å². The van der Waals surface area contributed by atoms with Gasteiger partial charge in [-0.2, -0.15) is 0 Å². The quantitative estimate of drug-likeness (QED) is 0.643. The Balaban J connectivity index is 1.61. The van der Waals surface area contributed by atoms with E-state index in [9.17, 15) is 13.6 Å². The first-order valence-corrected chi connectivity index (χ1v) is 8.59. The Morgan fingerprint density at radius 3 is 2.59 bits per heavy atom. The average molecular weight is 388 g/mol. The first-order chi connectivity index (χ1) is 13.0. The number of hydrogen-bond donors (Lipinski definition) is 2. The van der Waals surface area contributed by atoms with E-state index in [1.807, 2.05) is 0 Å². The van der Waals surface area contributed by atoms with Crippen LogP contribution < -0.4 is 10.6 Å². The summed E-state index contributed by atoms with van der Waals surface area (Å²) in [6.45, 7) is 0.297. The number of hydrogen-bond acceptors (Lipinski definition) is 3. The predicted octanol–water partition coefficient (Wildman–Crippen LogP) is 4.73. The molecule has 0 saturated heterocycles. The fourth-order valence-corrected chi connectivity index (χ4v) is 2.67. The van der Waals surface area contributed by atoms with Crippen LogP contribution in [-0.4, -0.2) is 17.4 Å². The van der Waals surface area contributed by atoms with Crippen molar-refractivity contribution in [3.05, 3.63) is 88.7 Å². The van der Waals surface area contributed by atoms with Crippen molar-refractivity contribution in [2.45, 2.75) is 6.42 Å². The summed E-state index contributed by atoms with van der Waals surface area (Å²) >= 11 is 5.76. The highest BCUT2D eigenvalue weighted by Crippen LogP contribution is 2.22. The SMILES string of the molecule is O=C(NCCc1ccccc1F)c1cncc(Nc2ccc(F)c(Cl)c2)c1. The number of nitrogens with zero attached hydrogens (tertiary/aromatic N) is 1. The molecular weight excluding hydrogens is 372 g/mol. The largest absolute Gasteiger partial charge is 0.354 e. The van der Waals surface area contributed by atoms with Gasteiger partial charge < -0.3 is 10.6 Å². The minimum atomic E-state index is -0.511. The number of carbonyl (C=O) groups excluding carboxylic acids is 1. The summed E-state index contributed by atoms with van der Waals surface area (Å²) in [5.74, 6) is -1.12. The lowest BCUT2D eigenvalue weighted by Crippen LogP contribution is -2.26. The monoisotopic (exact) mass is 387 g/mol. The van der Waals surface area contributed by atoms with Crippen molar-refractivity contribution in [3.63, 3.8) is 0 Å². The molecule has 138 valence electrons. The molecule has 0 aliphatic carbocycles. The van der Waals surface area contributed by atoms with Crippen LogP contribution in [0.1, 0.15) is 15.9 Å². The summed E-state index contributed by atoms with van der Waals surface area (Å²) < 4.78 is 26.8. The molecule has 0 radical (unpaired) electrons. The standard InChI is InChI=1S/C20H16ClF2N3O/c21-17-10-15(5-6-19(17)23)26-16-9-14(11-24-12-16)20(27)25-8-7-13-3-1-2-4-18(13)22/h1-6,9-12,26H,7-8H2,(H,25,27). The van der Waals surface area contributed by atoms with Gasteiger partial charge in [-0.05, 0) is 42.3 Å². The summed E-state index contributed by atoms with van der Waals surface area (Å²) in [6.07, 6.45) is 3.35. The van der Waals surface area contributed by atoms with Crippen LogP contribution in [0.2, 0.25) is 5.02 Å². The molecule has 27 heavy (non-hydrogen) atoms. The second-order valence-corrected chi connectivity index (χ2v) is 6.22. The lowest BCUT2D eigenvalue weighted by atomic mass is 10.1. The lowest BCUT2D eigenvalue weighted by Gasteiger charge is -2.09. The molecule has 1 aromatic heterocycles. The zero-order chi connectivity index (χ0) is 19.2. The molecule has 1 amide bonds. The summed E-state index contributed by atoms with van der Waals surface area (Å²) in [5.41, 5.74) is 2.01. The van der Waals surface area contributed by atoms with Crippen molar-refractivity contribution < 1.29 is 13.6 Å². The van der Waals surface area contributed by atoms with Gasteiger partial charge in [0.1, 0.15) is 11.6 Å². The van der Waals surface area contributed by atoms with Gasteiger partial charge in [-0.15, -0.1) is 0 Å². The first-order valence-electron chi connectivity index (χ1n) is 8.21. The third kappa shape index (κ3) is 5.01. The van der Waals surface area contributed by atoms with E-state index in [0.29, 0.717) is 35.5 Å². The first kappa shape index (κ1) is 18.8. The normalized spacial score (nSPS) is 10.5. The van der Waals surface area contributed by atoms with Crippen molar-refractivity contribution in [1.29, 1.82) is 0 Å². The van der Waals surface area contributed by atoms with Crippen LogP contribution in [0.3, 0.4) is 0 Å². The van der Waals surface area contributed by atoms with Crippen LogP contribution >= 0.6 is 11.6 Å². The molecule has 3 rings (SSSR count). The fraction of sp³-hybridized carbons (Fsp3) is 0.100. The van der Waals surface area contributed by atoms with Gasteiger partial charge in [0.05, 0.1) is 22.5 Å². The van der Waals surface area contributed by atoms with Gasteiger partial charge in [0, 0.05) is 18.4 Å². The number of nitrogens with one attached hydrogen (secondary N) is 2. The number of amides is 1. The lowest BCUT2D eigenvalue weighted by molar-refractivity contribution is 0.0953. The molecule has 0 aliphatic heterocycles. The van der Waals surface area contributed by atoms with Gasteiger partial charge >= 0.3 is 0 Å². The van der Waals surface area contributed by atoms with Crippen LogP contribution in [0.25, 0.3) is 0 Å². The third-order valence-electron chi connectivity index (χ3n) is 3.85. The van der Waals surface area contributed by atoms with Gasteiger partial charge in [0.25, 0.3) is 5.91 Å². The number of pyridine rings is 1. The van der Waals surface area contributed by atoms with Crippen LogP contribution in [0.5, 0.6) is 0 Å². The number of aromatic nitrogens is 1.